The zero-order chi connectivity index (χ0) is 14.0. The molecule has 6 nitrogen and oxygen atoms in total. The maximum Gasteiger partial charge on any atom is 0.243 e. The zero-order valence-corrected chi connectivity index (χ0v) is 11.4. The van der Waals surface area contributed by atoms with Crippen molar-refractivity contribution in [2.75, 3.05) is 13.6 Å². The molecule has 0 saturated heterocycles. The van der Waals surface area contributed by atoms with Crippen LogP contribution in [0.1, 0.15) is 12.8 Å². The van der Waals surface area contributed by atoms with E-state index in [1.165, 1.54) is 31.3 Å². The topological polar surface area (TPSA) is 86.7 Å². The number of phenolic OH excluding ortho intramolecular Hbond substituents is 1. The summed E-state index contributed by atoms with van der Waals surface area (Å²) in [6.07, 6.45) is 1.92. The van der Waals surface area contributed by atoms with Crippen LogP contribution in [0.3, 0.4) is 0 Å². The summed E-state index contributed by atoms with van der Waals surface area (Å²) in [6.45, 7) is -0.209. The molecule has 1 saturated carbocycles. The van der Waals surface area contributed by atoms with Crippen LogP contribution in [0.25, 0.3) is 0 Å². The molecule has 0 aliphatic heterocycles. The van der Waals surface area contributed by atoms with Gasteiger partial charge in [-0.15, -0.1) is 0 Å². The second kappa shape index (κ2) is 5.18. The molecule has 2 N–H and O–H groups in total. The van der Waals surface area contributed by atoms with Gasteiger partial charge in [-0.1, -0.05) is 0 Å². The SMILES string of the molecule is CN(CC(=O)NC1CC1)S(=O)(=O)c1ccc(O)cc1. The van der Waals surface area contributed by atoms with Gasteiger partial charge >= 0.3 is 0 Å². The molecule has 1 aliphatic rings. The van der Waals surface area contributed by atoms with Crippen molar-refractivity contribution in [2.24, 2.45) is 0 Å². The Labute approximate surface area is 112 Å². The Balaban J connectivity index is 2.05. The minimum atomic E-state index is -3.70. The molecule has 1 fully saturated rings. The van der Waals surface area contributed by atoms with E-state index in [0.29, 0.717) is 0 Å². The van der Waals surface area contributed by atoms with Crippen molar-refractivity contribution in [1.82, 2.24) is 9.62 Å². The molecule has 0 unspecified atom stereocenters. The van der Waals surface area contributed by atoms with Crippen molar-refractivity contribution in [3.63, 3.8) is 0 Å². The first-order valence-corrected chi connectivity index (χ1v) is 7.38. The monoisotopic (exact) mass is 284 g/mol. The molecule has 104 valence electrons. The van der Waals surface area contributed by atoms with Crippen LogP contribution in [0.4, 0.5) is 0 Å². The highest BCUT2D eigenvalue weighted by Gasteiger charge is 2.27. The molecule has 1 aromatic carbocycles. The van der Waals surface area contributed by atoms with Crippen molar-refractivity contribution in [2.45, 2.75) is 23.8 Å². The number of sulfonamides is 1. The molecule has 19 heavy (non-hydrogen) atoms. The summed E-state index contributed by atoms with van der Waals surface area (Å²) in [5.74, 6) is -0.305. The fourth-order valence-electron chi connectivity index (χ4n) is 1.59. The summed E-state index contributed by atoms with van der Waals surface area (Å²) in [5, 5.41) is 11.9. The number of benzene rings is 1. The third-order valence-electron chi connectivity index (χ3n) is 2.85. The summed E-state index contributed by atoms with van der Waals surface area (Å²) < 4.78 is 25.3. The quantitative estimate of drug-likeness (QED) is 0.813. The number of hydrogen-bond acceptors (Lipinski definition) is 4. The lowest BCUT2D eigenvalue weighted by Crippen LogP contribution is -2.39. The maximum atomic E-state index is 12.1. The predicted octanol–water partition coefficient (Wildman–Crippen LogP) is 0.291. The number of nitrogens with one attached hydrogen (secondary N) is 1. The number of nitrogens with zero attached hydrogens (tertiary/aromatic N) is 1. The molecule has 1 aromatic rings. The van der Waals surface area contributed by atoms with E-state index in [1.54, 1.807) is 0 Å². The number of hydrogen-bond donors (Lipinski definition) is 2. The van der Waals surface area contributed by atoms with E-state index in [-0.39, 0.29) is 29.1 Å². The van der Waals surface area contributed by atoms with Crippen LogP contribution >= 0.6 is 0 Å². The Bertz CT molecular complexity index is 564. The van der Waals surface area contributed by atoms with Crippen LogP contribution in [-0.4, -0.2) is 43.4 Å². The van der Waals surface area contributed by atoms with Crippen LogP contribution in [0.5, 0.6) is 5.75 Å². The third kappa shape index (κ3) is 3.45. The van der Waals surface area contributed by atoms with E-state index in [9.17, 15) is 13.2 Å². The summed E-state index contributed by atoms with van der Waals surface area (Å²) in [5.41, 5.74) is 0. The van der Waals surface area contributed by atoms with E-state index in [2.05, 4.69) is 5.32 Å². The van der Waals surface area contributed by atoms with E-state index >= 15 is 0 Å². The van der Waals surface area contributed by atoms with Crippen molar-refractivity contribution in [3.05, 3.63) is 24.3 Å². The Kier molecular flexibility index (Phi) is 3.77. The van der Waals surface area contributed by atoms with Crippen molar-refractivity contribution < 1.29 is 18.3 Å². The minimum Gasteiger partial charge on any atom is -0.508 e. The Morgan fingerprint density at radius 1 is 1.37 bits per heavy atom. The summed E-state index contributed by atoms with van der Waals surface area (Å²) in [7, 11) is -2.35. The number of carbonyl (C=O) groups excluding carboxylic acids is 1. The summed E-state index contributed by atoms with van der Waals surface area (Å²) in [4.78, 5) is 11.6. The second-order valence-corrected chi connectivity index (χ2v) is 6.64. The highest BCUT2D eigenvalue weighted by Crippen LogP contribution is 2.19. The first kappa shape index (κ1) is 13.8. The van der Waals surface area contributed by atoms with Crippen LogP contribution in [0.15, 0.2) is 29.2 Å². The molecule has 0 aromatic heterocycles. The molecule has 0 bridgehead atoms. The summed E-state index contributed by atoms with van der Waals surface area (Å²) >= 11 is 0. The smallest absolute Gasteiger partial charge is 0.243 e. The lowest BCUT2D eigenvalue weighted by Gasteiger charge is -2.16. The van der Waals surface area contributed by atoms with Gasteiger partial charge in [-0.2, -0.15) is 4.31 Å². The van der Waals surface area contributed by atoms with Gasteiger partial charge in [0.05, 0.1) is 11.4 Å². The Morgan fingerprint density at radius 2 is 1.95 bits per heavy atom. The Hall–Kier alpha value is -1.60. The van der Waals surface area contributed by atoms with Gasteiger partial charge in [0.2, 0.25) is 15.9 Å². The largest absolute Gasteiger partial charge is 0.508 e. The molecule has 0 radical (unpaired) electrons. The van der Waals surface area contributed by atoms with Crippen LogP contribution in [0, 0.1) is 0 Å². The first-order chi connectivity index (χ1) is 8.89. The van der Waals surface area contributed by atoms with Crippen molar-refractivity contribution in [3.8, 4) is 5.75 Å². The van der Waals surface area contributed by atoms with E-state index < -0.39 is 10.0 Å². The zero-order valence-electron chi connectivity index (χ0n) is 10.5. The van der Waals surface area contributed by atoms with Gasteiger partial charge in [-0.3, -0.25) is 4.79 Å². The Morgan fingerprint density at radius 3 is 2.47 bits per heavy atom. The normalized spacial score (nSPS) is 15.5. The van der Waals surface area contributed by atoms with Crippen molar-refractivity contribution in [1.29, 1.82) is 0 Å². The standard InChI is InChI=1S/C12H16N2O4S/c1-14(8-12(16)13-9-2-3-9)19(17,18)11-6-4-10(15)5-7-11/h4-7,9,15H,2-3,8H2,1H3,(H,13,16). The second-order valence-electron chi connectivity index (χ2n) is 4.60. The van der Waals surface area contributed by atoms with E-state index in [1.807, 2.05) is 0 Å². The molecular formula is C12H16N2O4S. The number of carbonyl (C=O) groups is 1. The summed E-state index contributed by atoms with van der Waals surface area (Å²) in [6, 6.07) is 5.41. The first-order valence-electron chi connectivity index (χ1n) is 5.94. The molecule has 2 rings (SSSR count). The number of phenols is 1. The van der Waals surface area contributed by atoms with E-state index in [4.69, 9.17) is 5.11 Å². The minimum absolute atomic E-state index is 0.00641. The number of aromatic hydroxyl groups is 1. The predicted molar refractivity (Wildman–Crippen MR) is 69.1 cm³/mol. The molecule has 7 heteroatoms. The average molecular weight is 284 g/mol. The van der Waals surface area contributed by atoms with Crippen molar-refractivity contribution >= 4 is 15.9 Å². The van der Waals surface area contributed by atoms with Crippen LogP contribution in [-0.2, 0) is 14.8 Å². The van der Waals surface area contributed by atoms with Gasteiger partial charge in [0, 0.05) is 13.1 Å². The highest BCUT2D eigenvalue weighted by molar-refractivity contribution is 7.89. The third-order valence-corrected chi connectivity index (χ3v) is 4.67. The maximum absolute atomic E-state index is 12.1. The molecule has 1 amide bonds. The van der Waals surface area contributed by atoms with Gasteiger partial charge in [0.25, 0.3) is 0 Å². The number of amides is 1. The molecule has 0 spiro atoms. The fraction of sp³-hybridized carbons (Fsp3) is 0.417. The van der Waals surface area contributed by atoms with Gasteiger partial charge in [-0.25, -0.2) is 8.42 Å². The highest BCUT2D eigenvalue weighted by atomic mass is 32.2. The molecule has 0 heterocycles. The van der Waals surface area contributed by atoms with Gasteiger partial charge in [0.1, 0.15) is 5.75 Å². The van der Waals surface area contributed by atoms with Gasteiger partial charge < -0.3 is 10.4 Å². The molecule has 1 aliphatic carbocycles. The average Bonchev–Trinajstić information content (AvgIpc) is 3.13. The molecular weight excluding hydrogens is 268 g/mol. The van der Waals surface area contributed by atoms with Gasteiger partial charge in [0.15, 0.2) is 0 Å². The number of likely N-dealkylation sites (N-methyl/N-ethyl adjacent to an activating group) is 1. The van der Waals surface area contributed by atoms with Crippen LogP contribution < -0.4 is 5.32 Å². The van der Waals surface area contributed by atoms with Gasteiger partial charge in [-0.05, 0) is 37.1 Å². The van der Waals surface area contributed by atoms with E-state index in [0.717, 1.165) is 17.1 Å². The lowest BCUT2D eigenvalue weighted by molar-refractivity contribution is -0.121. The number of rotatable bonds is 5. The molecule has 0 atom stereocenters. The lowest BCUT2D eigenvalue weighted by atomic mass is 10.3. The fourth-order valence-corrected chi connectivity index (χ4v) is 2.71. The van der Waals surface area contributed by atoms with Crippen LogP contribution in [0.2, 0.25) is 0 Å².